The molecule has 0 aliphatic carbocycles. The fourth-order valence-corrected chi connectivity index (χ4v) is 3.29. The van der Waals surface area contributed by atoms with Gasteiger partial charge in [-0.3, -0.25) is 0 Å². The van der Waals surface area contributed by atoms with Gasteiger partial charge < -0.3 is 5.11 Å². The lowest BCUT2D eigenvalue weighted by molar-refractivity contribution is 0.301. The Labute approximate surface area is 86.8 Å². The summed E-state index contributed by atoms with van der Waals surface area (Å²) in [6.07, 6.45) is 1.43. The summed E-state index contributed by atoms with van der Waals surface area (Å²) in [5.41, 5.74) is 0.360. The molecule has 0 aromatic heterocycles. The van der Waals surface area contributed by atoms with E-state index in [1.807, 2.05) is 0 Å². The van der Waals surface area contributed by atoms with Crippen molar-refractivity contribution in [3.8, 4) is 0 Å². The van der Waals surface area contributed by atoms with Crippen LogP contribution >= 0.6 is 0 Å². The Bertz CT molecular complexity index is 532. The normalized spacial score (nSPS) is 17.3. The SMILES string of the molecule is O=S1(=O)C(CCO)=Cc2cccc(F)c21. The van der Waals surface area contributed by atoms with E-state index in [1.165, 1.54) is 12.1 Å². The minimum Gasteiger partial charge on any atom is -0.396 e. The van der Waals surface area contributed by atoms with Crippen LogP contribution in [0.1, 0.15) is 12.0 Å². The molecular weight excluding hydrogens is 219 g/mol. The summed E-state index contributed by atoms with van der Waals surface area (Å²) in [6.45, 7) is -0.263. The van der Waals surface area contributed by atoms with Crippen molar-refractivity contribution in [3.05, 3.63) is 34.5 Å². The smallest absolute Gasteiger partial charge is 0.206 e. The predicted molar refractivity (Wildman–Crippen MR) is 53.3 cm³/mol. The van der Waals surface area contributed by atoms with Crippen molar-refractivity contribution >= 4 is 15.9 Å². The molecule has 1 aliphatic heterocycles. The number of benzene rings is 1. The number of rotatable bonds is 2. The molecule has 1 aromatic carbocycles. The molecule has 1 heterocycles. The van der Waals surface area contributed by atoms with E-state index in [9.17, 15) is 12.8 Å². The van der Waals surface area contributed by atoms with Gasteiger partial charge in [0.2, 0.25) is 9.84 Å². The third-order valence-corrected chi connectivity index (χ3v) is 4.27. The van der Waals surface area contributed by atoms with Crippen LogP contribution in [-0.4, -0.2) is 20.1 Å². The Morgan fingerprint density at radius 2 is 2.07 bits per heavy atom. The minimum atomic E-state index is -3.71. The quantitative estimate of drug-likeness (QED) is 0.831. The molecule has 0 saturated carbocycles. The van der Waals surface area contributed by atoms with E-state index in [0.717, 1.165) is 6.07 Å². The van der Waals surface area contributed by atoms with Crippen molar-refractivity contribution in [2.75, 3.05) is 6.61 Å². The van der Waals surface area contributed by atoms with Crippen molar-refractivity contribution in [2.24, 2.45) is 0 Å². The second kappa shape index (κ2) is 3.43. The average molecular weight is 228 g/mol. The summed E-state index contributed by atoms with van der Waals surface area (Å²) in [4.78, 5) is -0.196. The molecule has 15 heavy (non-hydrogen) atoms. The fourth-order valence-electron chi connectivity index (χ4n) is 1.62. The summed E-state index contributed by atoms with van der Waals surface area (Å²) in [5.74, 6) is -0.739. The maximum Gasteiger partial charge on any atom is 0.206 e. The van der Waals surface area contributed by atoms with Gasteiger partial charge in [-0.1, -0.05) is 12.1 Å². The van der Waals surface area contributed by atoms with Crippen molar-refractivity contribution in [3.63, 3.8) is 0 Å². The lowest BCUT2D eigenvalue weighted by atomic mass is 10.2. The highest BCUT2D eigenvalue weighted by Gasteiger charge is 2.31. The fraction of sp³-hybridized carbons (Fsp3) is 0.200. The van der Waals surface area contributed by atoms with Gasteiger partial charge in [-0.2, -0.15) is 0 Å². The number of hydrogen-bond acceptors (Lipinski definition) is 3. The zero-order valence-electron chi connectivity index (χ0n) is 7.77. The van der Waals surface area contributed by atoms with Crippen LogP contribution in [0.15, 0.2) is 28.0 Å². The first kappa shape index (κ1) is 10.3. The Balaban J connectivity index is 2.64. The molecule has 3 nitrogen and oxygen atoms in total. The van der Waals surface area contributed by atoms with Crippen LogP contribution in [-0.2, 0) is 9.84 Å². The van der Waals surface area contributed by atoms with E-state index in [4.69, 9.17) is 5.11 Å². The standard InChI is InChI=1S/C10H9FO3S/c11-9-3-1-2-7-6-8(4-5-12)15(13,14)10(7)9/h1-3,6,12H,4-5H2. The largest absolute Gasteiger partial charge is 0.396 e. The maximum absolute atomic E-state index is 13.3. The summed E-state index contributed by atoms with van der Waals surface area (Å²) in [7, 11) is -3.71. The number of hydrogen-bond donors (Lipinski definition) is 1. The number of halogens is 1. The second-order valence-corrected chi connectivity index (χ2v) is 5.19. The third-order valence-electron chi connectivity index (χ3n) is 2.29. The summed E-state index contributed by atoms with van der Waals surface area (Å²) < 4.78 is 36.9. The van der Waals surface area contributed by atoms with E-state index >= 15 is 0 Å². The third kappa shape index (κ3) is 1.48. The van der Waals surface area contributed by atoms with Gasteiger partial charge in [0.05, 0.1) is 4.91 Å². The lowest BCUT2D eigenvalue weighted by Gasteiger charge is -2.02. The molecular formula is C10H9FO3S. The van der Waals surface area contributed by atoms with Gasteiger partial charge in [-0.15, -0.1) is 0 Å². The number of fused-ring (bicyclic) bond motifs is 1. The highest BCUT2D eigenvalue weighted by Crippen LogP contribution is 2.35. The Morgan fingerprint density at radius 3 is 2.67 bits per heavy atom. The van der Waals surface area contributed by atoms with E-state index in [-0.39, 0.29) is 22.8 Å². The first-order valence-corrected chi connectivity index (χ1v) is 5.90. The van der Waals surface area contributed by atoms with Crippen molar-refractivity contribution < 1.29 is 17.9 Å². The first-order chi connectivity index (χ1) is 7.07. The number of aliphatic hydroxyl groups is 1. The minimum absolute atomic E-state index is 0.0243. The summed E-state index contributed by atoms with van der Waals surface area (Å²) in [5, 5.41) is 8.71. The van der Waals surface area contributed by atoms with Crippen molar-refractivity contribution in [2.45, 2.75) is 11.3 Å². The number of aliphatic hydroxyl groups excluding tert-OH is 1. The molecule has 80 valence electrons. The number of sulfone groups is 1. The molecule has 0 atom stereocenters. The summed E-state index contributed by atoms with van der Waals surface area (Å²) in [6, 6.07) is 4.12. The van der Waals surface area contributed by atoms with Gasteiger partial charge >= 0.3 is 0 Å². The molecule has 1 aliphatic rings. The molecule has 0 amide bonds. The van der Waals surface area contributed by atoms with Crippen LogP contribution in [0.2, 0.25) is 0 Å². The zero-order valence-corrected chi connectivity index (χ0v) is 8.59. The highest BCUT2D eigenvalue weighted by atomic mass is 32.2. The van der Waals surface area contributed by atoms with E-state index in [1.54, 1.807) is 6.07 Å². The molecule has 0 bridgehead atoms. The van der Waals surface area contributed by atoms with Crippen LogP contribution in [0.3, 0.4) is 0 Å². The topological polar surface area (TPSA) is 54.4 Å². The van der Waals surface area contributed by atoms with Gasteiger partial charge in [0, 0.05) is 13.0 Å². The van der Waals surface area contributed by atoms with Crippen LogP contribution in [0.25, 0.3) is 6.08 Å². The van der Waals surface area contributed by atoms with Crippen molar-refractivity contribution in [1.82, 2.24) is 0 Å². The van der Waals surface area contributed by atoms with E-state index in [0.29, 0.717) is 5.56 Å². The molecule has 2 rings (SSSR count). The molecule has 1 N–H and O–H groups in total. The van der Waals surface area contributed by atoms with E-state index in [2.05, 4.69) is 0 Å². The van der Waals surface area contributed by atoms with Gasteiger partial charge in [-0.05, 0) is 17.7 Å². The zero-order chi connectivity index (χ0) is 11.1. The molecule has 0 radical (unpaired) electrons. The van der Waals surface area contributed by atoms with Crippen LogP contribution in [0.4, 0.5) is 4.39 Å². The Morgan fingerprint density at radius 1 is 1.33 bits per heavy atom. The van der Waals surface area contributed by atoms with Crippen LogP contribution in [0, 0.1) is 5.82 Å². The predicted octanol–water partition coefficient (Wildman–Crippen LogP) is 1.34. The average Bonchev–Trinajstić information content (AvgIpc) is 2.40. The molecule has 0 unspecified atom stereocenters. The van der Waals surface area contributed by atoms with Crippen LogP contribution in [0.5, 0.6) is 0 Å². The van der Waals surface area contributed by atoms with Crippen LogP contribution < -0.4 is 0 Å². The lowest BCUT2D eigenvalue weighted by Crippen LogP contribution is -2.04. The highest BCUT2D eigenvalue weighted by molar-refractivity contribution is 7.95. The Kier molecular flexibility index (Phi) is 2.36. The van der Waals surface area contributed by atoms with E-state index < -0.39 is 15.7 Å². The van der Waals surface area contributed by atoms with Gasteiger partial charge in [-0.25, -0.2) is 12.8 Å². The summed E-state index contributed by atoms with van der Waals surface area (Å²) >= 11 is 0. The van der Waals surface area contributed by atoms with Gasteiger partial charge in [0.25, 0.3) is 0 Å². The molecule has 5 heteroatoms. The first-order valence-electron chi connectivity index (χ1n) is 4.42. The van der Waals surface area contributed by atoms with Crippen molar-refractivity contribution in [1.29, 1.82) is 0 Å². The second-order valence-electron chi connectivity index (χ2n) is 3.25. The molecule has 0 saturated heterocycles. The molecule has 0 spiro atoms. The molecule has 1 aromatic rings. The Hall–Kier alpha value is -1.20. The molecule has 0 fully saturated rings. The maximum atomic E-state index is 13.3. The monoisotopic (exact) mass is 228 g/mol. The van der Waals surface area contributed by atoms with Gasteiger partial charge in [0.1, 0.15) is 10.7 Å². The van der Waals surface area contributed by atoms with Gasteiger partial charge in [0.15, 0.2) is 0 Å².